The molecule has 1 fully saturated rings. The summed E-state index contributed by atoms with van der Waals surface area (Å²) < 4.78 is 28.1. The van der Waals surface area contributed by atoms with Gasteiger partial charge in [-0.2, -0.15) is 4.31 Å². The fourth-order valence-corrected chi connectivity index (χ4v) is 4.58. The maximum absolute atomic E-state index is 12.6. The van der Waals surface area contributed by atoms with Crippen molar-refractivity contribution in [2.75, 3.05) is 18.4 Å². The highest BCUT2D eigenvalue weighted by Gasteiger charge is 2.26. The standard InChI is InChI=1S/C18H18N6O3S/c25-18(14-4-3-5-16(12-14)24-13-19-21-22-24)20-15-6-8-17(9-7-15)28(26,27)23-10-1-2-11-23/h3-9,12-13H,1-2,10-11H2,(H,20,25). The van der Waals surface area contributed by atoms with Gasteiger partial charge in [-0.15, -0.1) is 5.10 Å². The number of amides is 1. The fraction of sp³-hybridized carbons (Fsp3) is 0.222. The molecule has 1 saturated heterocycles. The van der Waals surface area contributed by atoms with Crippen LogP contribution in [0.4, 0.5) is 5.69 Å². The third-order valence-corrected chi connectivity index (χ3v) is 6.45. The monoisotopic (exact) mass is 398 g/mol. The van der Waals surface area contributed by atoms with Gasteiger partial charge in [0.15, 0.2) is 0 Å². The summed E-state index contributed by atoms with van der Waals surface area (Å²) in [6, 6.07) is 13.1. The summed E-state index contributed by atoms with van der Waals surface area (Å²) in [6.45, 7) is 1.11. The summed E-state index contributed by atoms with van der Waals surface area (Å²) in [4.78, 5) is 12.8. The second kappa shape index (κ2) is 7.49. The van der Waals surface area contributed by atoms with Crippen molar-refractivity contribution in [3.63, 3.8) is 0 Å². The van der Waals surface area contributed by atoms with E-state index in [0.29, 0.717) is 30.0 Å². The minimum absolute atomic E-state index is 0.230. The second-order valence-electron chi connectivity index (χ2n) is 6.39. The summed E-state index contributed by atoms with van der Waals surface area (Å²) in [7, 11) is -3.47. The first-order valence-electron chi connectivity index (χ1n) is 8.79. The lowest BCUT2D eigenvalue weighted by Crippen LogP contribution is -2.27. The molecule has 2 aromatic carbocycles. The molecule has 1 aliphatic heterocycles. The number of carbonyl (C=O) groups is 1. The van der Waals surface area contributed by atoms with E-state index in [1.165, 1.54) is 27.4 Å². The van der Waals surface area contributed by atoms with E-state index in [1.54, 1.807) is 36.4 Å². The molecule has 0 atom stereocenters. The largest absolute Gasteiger partial charge is 0.322 e. The quantitative estimate of drug-likeness (QED) is 0.700. The maximum Gasteiger partial charge on any atom is 0.255 e. The minimum atomic E-state index is -3.47. The van der Waals surface area contributed by atoms with E-state index >= 15 is 0 Å². The number of rotatable bonds is 5. The predicted octanol–water partition coefficient (Wildman–Crippen LogP) is 1.70. The Labute approximate surface area is 162 Å². The molecule has 1 aliphatic rings. The van der Waals surface area contributed by atoms with Crippen molar-refractivity contribution < 1.29 is 13.2 Å². The normalized spacial score (nSPS) is 14.9. The Bertz CT molecular complexity index is 1070. The highest BCUT2D eigenvalue weighted by molar-refractivity contribution is 7.89. The number of benzene rings is 2. The molecule has 0 unspecified atom stereocenters. The van der Waals surface area contributed by atoms with Crippen molar-refractivity contribution in [3.05, 3.63) is 60.4 Å². The van der Waals surface area contributed by atoms with Crippen LogP contribution in [0.5, 0.6) is 0 Å². The van der Waals surface area contributed by atoms with Gasteiger partial charge in [-0.05, 0) is 65.7 Å². The first-order chi connectivity index (χ1) is 13.5. The third-order valence-electron chi connectivity index (χ3n) is 4.54. The van der Waals surface area contributed by atoms with Gasteiger partial charge in [0, 0.05) is 24.3 Å². The van der Waals surface area contributed by atoms with Gasteiger partial charge in [-0.3, -0.25) is 4.79 Å². The Kier molecular flexibility index (Phi) is 4.88. The molecular weight excluding hydrogens is 380 g/mol. The van der Waals surface area contributed by atoms with Crippen molar-refractivity contribution in [1.82, 2.24) is 24.5 Å². The lowest BCUT2D eigenvalue weighted by molar-refractivity contribution is 0.102. The lowest BCUT2D eigenvalue weighted by Gasteiger charge is -2.15. The van der Waals surface area contributed by atoms with Crippen molar-refractivity contribution in [2.45, 2.75) is 17.7 Å². The predicted molar refractivity (Wildman–Crippen MR) is 102 cm³/mol. The van der Waals surface area contributed by atoms with E-state index in [0.717, 1.165) is 12.8 Å². The van der Waals surface area contributed by atoms with Crippen LogP contribution in [0, 0.1) is 0 Å². The number of anilines is 1. The molecule has 1 N–H and O–H groups in total. The van der Waals surface area contributed by atoms with Crippen LogP contribution in [0.15, 0.2) is 59.8 Å². The van der Waals surface area contributed by atoms with Crippen molar-refractivity contribution in [2.24, 2.45) is 0 Å². The van der Waals surface area contributed by atoms with Crippen LogP contribution in [0.25, 0.3) is 5.69 Å². The molecule has 4 rings (SSSR count). The van der Waals surface area contributed by atoms with Crippen LogP contribution >= 0.6 is 0 Å². The van der Waals surface area contributed by atoms with Crippen LogP contribution < -0.4 is 5.32 Å². The van der Waals surface area contributed by atoms with Crippen LogP contribution in [-0.4, -0.2) is 51.9 Å². The number of carbonyl (C=O) groups excluding carboxylic acids is 1. The smallest absolute Gasteiger partial charge is 0.255 e. The first-order valence-corrected chi connectivity index (χ1v) is 10.2. The van der Waals surface area contributed by atoms with Crippen LogP contribution in [0.2, 0.25) is 0 Å². The van der Waals surface area contributed by atoms with E-state index < -0.39 is 10.0 Å². The molecular formula is C18H18N6O3S. The van der Waals surface area contributed by atoms with E-state index in [-0.39, 0.29) is 10.8 Å². The zero-order valence-corrected chi connectivity index (χ0v) is 15.7. The van der Waals surface area contributed by atoms with Gasteiger partial charge in [0.1, 0.15) is 6.33 Å². The summed E-state index contributed by atoms with van der Waals surface area (Å²) in [5, 5.41) is 13.7. The average Bonchev–Trinajstić information content (AvgIpc) is 3.43. The highest BCUT2D eigenvalue weighted by Crippen LogP contribution is 2.22. The van der Waals surface area contributed by atoms with E-state index in [2.05, 4.69) is 20.8 Å². The van der Waals surface area contributed by atoms with Gasteiger partial charge in [0.25, 0.3) is 5.91 Å². The molecule has 28 heavy (non-hydrogen) atoms. The molecule has 0 radical (unpaired) electrons. The Morgan fingerprint density at radius 1 is 1.04 bits per heavy atom. The molecule has 1 amide bonds. The van der Waals surface area contributed by atoms with E-state index in [9.17, 15) is 13.2 Å². The number of aromatic nitrogens is 4. The third kappa shape index (κ3) is 3.64. The Hall–Kier alpha value is -3.11. The summed E-state index contributed by atoms with van der Waals surface area (Å²) in [5.74, 6) is -0.315. The SMILES string of the molecule is O=C(Nc1ccc(S(=O)(=O)N2CCCC2)cc1)c1cccc(-n2cnnn2)c1. The van der Waals surface area contributed by atoms with Crippen molar-refractivity contribution >= 4 is 21.6 Å². The zero-order valence-electron chi connectivity index (χ0n) is 14.9. The Balaban J connectivity index is 1.49. The second-order valence-corrected chi connectivity index (χ2v) is 8.33. The summed E-state index contributed by atoms with van der Waals surface area (Å²) in [5.41, 5.74) is 1.60. The highest BCUT2D eigenvalue weighted by atomic mass is 32.2. The van der Waals surface area contributed by atoms with Gasteiger partial charge < -0.3 is 5.32 Å². The van der Waals surface area contributed by atoms with E-state index in [1.807, 2.05) is 0 Å². The molecule has 0 bridgehead atoms. The average molecular weight is 398 g/mol. The van der Waals surface area contributed by atoms with E-state index in [4.69, 9.17) is 0 Å². The molecule has 0 aliphatic carbocycles. The fourth-order valence-electron chi connectivity index (χ4n) is 3.06. The number of nitrogens with zero attached hydrogens (tertiary/aromatic N) is 5. The van der Waals surface area contributed by atoms with Gasteiger partial charge in [-0.25, -0.2) is 13.1 Å². The first kappa shape index (κ1) is 18.3. The molecule has 10 heteroatoms. The van der Waals surface area contributed by atoms with Gasteiger partial charge in [0.05, 0.1) is 10.6 Å². The number of hydrogen-bond acceptors (Lipinski definition) is 6. The number of sulfonamides is 1. The number of nitrogens with one attached hydrogen (secondary N) is 1. The molecule has 2 heterocycles. The van der Waals surface area contributed by atoms with Crippen LogP contribution in [-0.2, 0) is 10.0 Å². The topological polar surface area (TPSA) is 110 Å². The van der Waals surface area contributed by atoms with Crippen LogP contribution in [0.1, 0.15) is 23.2 Å². The Morgan fingerprint density at radius 2 is 1.79 bits per heavy atom. The zero-order chi connectivity index (χ0) is 19.6. The Morgan fingerprint density at radius 3 is 2.46 bits per heavy atom. The van der Waals surface area contributed by atoms with Crippen LogP contribution in [0.3, 0.4) is 0 Å². The summed E-state index contributed by atoms with van der Waals surface area (Å²) >= 11 is 0. The molecule has 3 aromatic rings. The number of tetrazole rings is 1. The maximum atomic E-state index is 12.6. The van der Waals surface area contributed by atoms with Gasteiger partial charge in [-0.1, -0.05) is 6.07 Å². The molecule has 1 aromatic heterocycles. The lowest BCUT2D eigenvalue weighted by atomic mass is 10.2. The minimum Gasteiger partial charge on any atom is -0.322 e. The number of hydrogen-bond donors (Lipinski definition) is 1. The van der Waals surface area contributed by atoms with Crippen molar-refractivity contribution in [3.8, 4) is 5.69 Å². The van der Waals surface area contributed by atoms with Gasteiger partial charge >= 0.3 is 0 Å². The molecule has 144 valence electrons. The molecule has 0 saturated carbocycles. The van der Waals surface area contributed by atoms with Gasteiger partial charge in [0.2, 0.25) is 10.0 Å². The molecule has 0 spiro atoms. The molecule has 9 nitrogen and oxygen atoms in total. The van der Waals surface area contributed by atoms with Crippen molar-refractivity contribution in [1.29, 1.82) is 0 Å². The summed E-state index contributed by atoms with van der Waals surface area (Å²) in [6.07, 6.45) is 3.21.